The molecule has 0 spiro atoms. The highest BCUT2D eigenvalue weighted by atomic mass is 32.2. The van der Waals surface area contributed by atoms with Crippen LogP contribution >= 0.6 is 11.8 Å². The highest BCUT2D eigenvalue weighted by Gasteiger charge is 2.12. The van der Waals surface area contributed by atoms with Gasteiger partial charge in [0.15, 0.2) is 0 Å². The average molecular weight is 204 g/mol. The summed E-state index contributed by atoms with van der Waals surface area (Å²) in [5.41, 5.74) is 0. The molecule has 78 valence electrons. The van der Waals surface area contributed by atoms with Crippen molar-refractivity contribution in [2.24, 2.45) is 0 Å². The van der Waals surface area contributed by atoms with Gasteiger partial charge >= 0.3 is 0 Å². The maximum Gasteiger partial charge on any atom is 0.0665 e. The van der Waals surface area contributed by atoms with Gasteiger partial charge < -0.3 is 9.47 Å². The largest absolute Gasteiger partial charge is 0.385 e. The zero-order valence-electron chi connectivity index (χ0n) is 8.46. The quantitative estimate of drug-likeness (QED) is 0.619. The summed E-state index contributed by atoms with van der Waals surface area (Å²) in [5.74, 6) is 2.37. The Labute approximate surface area is 85.4 Å². The molecule has 3 heteroatoms. The Hall–Kier alpha value is 0.270. The fourth-order valence-electron chi connectivity index (χ4n) is 1.46. The summed E-state index contributed by atoms with van der Waals surface area (Å²) in [6, 6.07) is 0. The van der Waals surface area contributed by atoms with Gasteiger partial charge in [0.1, 0.15) is 0 Å². The SMILES string of the molecule is COCCCSC[C@@H]1CCCCO1. The molecule has 1 aliphatic heterocycles. The van der Waals surface area contributed by atoms with Gasteiger partial charge in [0.2, 0.25) is 0 Å². The van der Waals surface area contributed by atoms with E-state index in [0.717, 1.165) is 19.6 Å². The second kappa shape index (κ2) is 7.65. The first kappa shape index (κ1) is 11.3. The fraction of sp³-hybridized carbons (Fsp3) is 1.00. The third-order valence-corrected chi connectivity index (χ3v) is 3.40. The molecule has 0 N–H and O–H groups in total. The predicted octanol–water partition coefficient (Wildman–Crippen LogP) is 2.33. The molecule has 0 saturated carbocycles. The first-order valence-electron chi connectivity index (χ1n) is 5.12. The summed E-state index contributed by atoms with van der Waals surface area (Å²) >= 11 is 1.99. The minimum absolute atomic E-state index is 0.529. The molecule has 2 nitrogen and oxygen atoms in total. The summed E-state index contributed by atoms with van der Waals surface area (Å²) < 4.78 is 10.6. The summed E-state index contributed by atoms with van der Waals surface area (Å²) in [4.78, 5) is 0. The molecule has 13 heavy (non-hydrogen) atoms. The van der Waals surface area contributed by atoms with Crippen molar-refractivity contribution in [2.45, 2.75) is 31.8 Å². The highest BCUT2D eigenvalue weighted by Crippen LogP contribution is 2.17. The van der Waals surface area contributed by atoms with Crippen LogP contribution in [0.4, 0.5) is 0 Å². The lowest BCUT2D eigenvalue weighted by Gasteiger charge is -2.21. The van der Waals surface area contributed by atoms with E-state index >= 15 is 0 Å². The number of thioether (sulfide) groups is 1. The van der Waals surface area contributed by atoms with Crippen LogP contribution in [0.5, 0.6) is 0 Å². The zero-order valence-corrected chi connectivity index (χ0v) is 9.28. The Bertz CT molecular complexity index is 113. The van der Waals surface area contributed by atoms with Crippen molar-refractivity contribution in [1.82, 2.24) is 0 Å². The minimum atomic E-state index is 0.529. The molecule has 1 rings (SSSR count). The van der Waals surface area contributed by atoms with Crippen molar-refractivity contribution in [3.8, 4) is 0 Å². The van der Waals surface area contributed by atoms with E-state index in [1.807, 2.05) is 11.8 Å². The van der Waals surface area contributed by atoms with Gasteiger partial charge in [0.25, 0.3) is 0 Å². The molecule has 0 amide bonds. The lowest BCUT2D eigenvalue weighted by molar-refractivity contribution is 0.0315. The van der Waals surface area contributed by atoms with Crippen LogP contribution in [0.15, 0.2) is 0 Å². The van der Waals surface area contributed by atoms with Gasteiger partial charge in [-0.05, 0) is 31.4 Å². The van der Waals surface area contributed by atoms with Crippen molar-refractivity contribution < 1.29 is 9.47 Å². The molecule has 1 aliphatic rings. The van der Waals surface area contributed by atoms with E-state index in [1.54, 1.807) is 7.11 Å². The molecular weight excluding hydrogens is 184 g/mol. The van der Waals surface area contributed by atoms with E-state index in [9.17, 15) is 0 Å². The van der Waals surface area contributed by atoms with Gasteiger partial charge in [-0.15, -0.1) is 0 Å². The molecule has 0 aromatic heterocycles. The van der Waals surface area contributed by atoms with E-state index in [0.29, 0.717) is 6.10 Å². The normalized spacial score (nSPS) is 23.3. The van der Waals surface area contributed by atoms with Gasteiger partial charge in [-0.3, -0.25) is 0 Å². The van der Waals surface area contributed by atoms with Crippen molar-refractivity contribution in [1.29, 1.82) is 0 Å². The molecule has 0 bridgehead atoms. The third kappa shape index (κ3) is 5.55. The second-order valence-corrected chi connectivity index (χ2v) is 4.56. The van der Waals surface area contributed by atoms with E-state index in [1.165, 1.54) is 30.8 Å². The Morgan fingerprint density at radius 2 is 2.38 bits per heavy atom. The molecular formula is C10H20O2S. The first-order valence-corrected chi connectivity index (χ1v) is 6.27. The summed E-state index contributed by atoms with van der Waals surface area (Å²) in [5, 5.41) is 0. The predicted molar refractivity (Wildman–Crippen MR) is 57.4 cm³/mol. The van der Waals surface area contributed by atoms with Gasteiger partial charge in [-0.1, -0.05) is 0 Å². The number of hydrogen-bond donors (Lipinski definition) is 0. The van der Waals surface area contributed by atoms with Crippen LogP contribution in [0.2, 0.25) is 0 Å². The monoisotopic (exact) mass is 204 g/mol. The van der Waals surface area contributed by atoms with E-state index < -0.39 is 0 Å². The van der Waals surface area contributed by atoms with Crippen molar-refractivity contribution >= 4 is 11.8 Å². The lowest BCUT2D eigenvalue weighted by atomic mass is 10.1. The maximum absolute atomic E-state index is 5.63. The van der Waals surface area contributed by atoms with Crippen molar-refractivity contribution in [2.75, 3.05) is 31.8 Å². The molecule has 0 aliphatic carbocycles. The standard InChI is InChI=1S/C10H20O2S/c1-11-6-4-8-13-9-10-5-2-3-7-12-10/h10H,2-9H2,1H3/t10-/m0/s1. The number of rotatable bonds is 6. The van der Waals surface area contributed by atoms with Crippen LogP contribution in [0, 0.1) is 0 Å². The number of ether oxygens (including phenoxy) is 2. The molecule has 1 saturated heterocycles. The fourth-order valence-corrected chi connectivity index (χ4v) is 2.47. The van der Waals surface area contributed by atoms with Crippen LogP contribution in [-0.2, 0) is 9.47 Å². The van der Waals surface area contributed by atoms with Crippen molar-refractivity contribution in [3.05, 3.63) is 0 Å². The molecule has 0 unspecified atom stereocenters. The Morgan fingerprint density at radius 3 is 3.08 bits per heavy atom. The van der Waals surface area contributed by atoms with Crippen LogP contribution in [0.25, 0.3) is 0 Å². The lowest BCUT2D eigenvalue weighted by Crippen LogP contribution is -2.21. The summed E-state index contributed by atoms with van der Waals surface area (Å²) in [6.45, 7) is 1.86. The maximum atomic E-state index is 5.63. The smallest absolute Gasteiger partial charge is 0.0665 e. The molecule has 1 fully saturated rings. The van der Waals surface area contributed by atoms with Gasteiger partial charge in [-0.25, -0.2) is 0 Å². The molecule has 0 radical (unpaired) electrons. The van der Waals surface area contributed by atoms with Gasteiger partial charge in [0, 0.05) is 26.1 Å². The van der Waals surface area contributed by atoms with Crippen LogP contribution in [-0.4, -0.2) is 37.9 Å². The second-order valence-electron chi connectivity index (χ2n) is 3.41. The molecule has 0 aromatic carbocycles. The van der Waals surface area contributed by atoms with Crippen molar-refractivity contribution in [3.63, 3.8) is 0 Å². The highest BCUT2D eigenvalue weighted by molar-refractivity contribution is 7.99. The van der Waals surface area contributed by atoms with E-state index in [-0.39, 0.29) is 0 Å². The number of hydrogen-bond acceptors (Lipinski definition) is 3. The third-order valence-electron chi connectivity index (χ3n) is 2.21. The zero-order chi connectivity index (χ0) is 9.36. The molecule has 1 atom stereocenters. The average Bonchev–Trinajstić information content (AvgIpc) is 2.19. The summed E-state index contributed by atoms with van der Waals surface area (Å²) in [6.07, 6.45) is 5.56. The van der Waals surface area contributed by atoms with Gasteiger partial charge in [-0.2, -0.15) is 11.8 Å². The van der Waals surface area contributed by atoms with Crippen LogP contribution in [0.1, 0.15) is 25.7 Å². The van der Waals surface area contributed by atoms with Crippen LogP contribution < -0.4 is 0 Å². The Balaban J connectivity index is 1.86. The van der Waals surface area contributed by atoms with E-state index in [4.69, 9.17) is 9.47 Å². The molecule has 1 heterocycles. The Kier molecular flexibility index (Phi) is 6.68. The first-order chi connectivity index (χ1) is 6.43. The topological polar surface area (TPSA) is 18.5 Å². The minimum Gasteiger partial charge on any atom is -0.385 e. The van der Waals surface area contributed by atoms with E-state index in [2.05, 4.69) is 0 Å². The van der Waals surface area contributed by atoms with Gasteiger partial charge in [0.05, 0.1) is 6.10 Å². The summed E-state index contributed by atoms with van der Waals surface area (Å²) in [7, 11) is 1.76. The Morgan fingerprint density at radius 1 is 1.46 bits per heavy atom. The number of methoxy groups -OCH3 is 1. The molecule has 0 aromatic rings. The van der Waals surface area contributed by atoms with Crippen LogP contribution in [0.3, 0.4) is 0 Å².